The molecule has 2 rings (SSSR count). The van der Waals surface area contributed by atoms with E-state index in [4.69, 9.17) is 11.6 Å². The number of halogens is 1. The minimum absolute atomic E-state index is 0.0476. The molecule has 18 heavy (non-hydrogen) atoms. The summed E-state index contributed by atoms with van der Waals surface area (Å²) in [6, 6.07) is 6.25. The number of nitrogens with one attached hydrogen (secondary N) is 1. The van der Waals surface area contributed by atoms with Crippen molar-refractivity contribution in [1.29, 1.82) is 0 Å². The number of rotatable bonds is 4. The molecule has 0 spiro atoms. The van der Waals surface area contributed by atoms with Crippen molar-refractivity contribution < 1.29 is 4.79 Å². The lowest BCUT2D eigenvalue weighted by atomic mass is 9.99. The molecule has 2 aromatic rings. The standard InChI is InChI=1S/C13H15ClN2OS/c1-3-8(2)9-4-5-10-11(6-9)18-13(15-10)16-12(17)7-14/h4-6,8H,3,7H2,1-2H3,(H,15,16,17)/t8-/m0/s1. The Balaban J connectivity index is 2.30. The Morgan fingerprint density at radius 1 is 1.56 bits per heavy atom. The summed E-state index contributed by atoms with van der Waals surface area (Å²) >= 11 is 6.93. The number of benzene rings is 1. The number of thiazole rings is 1. The van der Waals surface area contributed by atoms with Crippen molar-refractivity contribution in [2.45, 2.75) is 26.2 Å². The zero-order valence-electron chi connectivity index (χ0n) is 10.4. The second-order valence-electron chi connectivity index (χ2n) is 4.24. The van der Waals surface area contributed by atoms with Gasteiger partial charge >= 0.3 is 0 Å². The highest BCUT2D eigenvalue weighted by molar-refractivity contribution is 7.22. The highest BCUT2D eigenvalue weighted by Crippen LogP contribution is 2.29. The molecule has 1 atom stereocenters. The van der Waals surface area contributed by atoms with Gasteiger partial charge in [-0.1, -0.05) is 31.3 Å². The fourth-order valence-electron chi connectivity index (χ4n) is 1.69. The van der Waals surface area contributed by atoms with Gasteiger partial charge < -0.3 is 5.32 Å². The predicted octanol–water partition coefficient (Wildman–Crippen LogP) is 3.99. The van der Waals surface area contributed by atoms with Crippen LogP contribution in [0.2, 0.25) is 0 Å². The van der Waals surface area contributed by atoms with Crippen molar-refractivity contribution in [3.8, 4) is 0 Å². The number of carbonyl (C=O) groups excluding carboxylic acids is 1. The highest BCUT2D eigenvalue weighted by atomic mass is 35.5. The van der Waals surface area contributed by atoms with E-state index in [1.54, 1.807) is 0 Å². The van der Waals surface area contributed by atoms with E-state index in [1.807, 2.05) is 6.07 Å². The van der Waals surface area contributed by atoms with Crippen molar-refractivity contribution >= 4 is 44.2 Å². The first-order valence-corrected chi connectivity index (χ1v) is 7.25. The third-order valence-electron chi connectivity index (χ3n) is 2.96. The van der Waals surface area contributed by atoms with Gasteiger partial charge in [0.15, 0.2) is 5.13 Å². The molecule has 0 aliphatic rings. The number of hydrogen-bond donors (Lipinski definition) is 1. The first kappa shape index (κ1) is 13.3. The summed E-state index contributed by atoms with van der Waals surface area (Å²) in [5.41, 5.74) is 2.22. The van der Waals surface area contributed by atoms with Gasteiger partial charge in [0.1, 0.15) is 5.88 Å². The Labute approximate surface area is 115 Å². The highest BCUT2D eigenvalue weighted by Gasteiger charge is 2.09. The number of fused-ring (bicyclic) bond motifs is 1. The number of nitrogens with zero attached hydrogens (tertiary/aromatic N) is 1. The molecule has 5 heteroatoms. The Hall–Kier alpha value is -1.13. The maximum absolute atomic E-state index is 11.2. The van der Waals surface area contributed by atoms with Gasteiger partial charge in [-0.3, -0.25) is 4.79 Å². The van der Waals surface area contributed by atoms with Crippen molar-refractivity contribution in [2.75, 3.05) is 11.2 Å². The van der Waals surface area contributed by atoms with Gasteiger partial charge in [-0.25, -0.2) is 4.98 Å². The van der Waals surface area contributed by atoms with Gasteiger partial charge in [-0.15, -0.1) is 11.6 Å². The van der Waals surface area contributed by atoms with E-state index < -0.39 is 0 Å². The first-order valence-electron chi connectivity index (χ1n) is 5.90. The lowest BCUT2D eigenvalue weighted by Gasteiger charge is -2.07. The minimum atomic E-state index is -0.224. The summed E-state index contributed by atoms with van der Waals surface area (Å²) in [6.07, 6.45) is 1.11. The van der Waals surface area contributed by atoms with Crippen LogP contribution in [0.1, 0.15) is 31.7 Å². The SMILES string of the molecule is CC[C@H](C)c1ccc2nc(NC(=O)CCl)sc2c1. The van der Waals surface area contributed by atoms with Crippen LogP contribution in [0.5, 0.6) is 0 Å². The quantitative estimate of drug-likeness (QED) is 0.862. The van der Waals surface area contributed by atoms with Gasteiger partial charge in [0, 0.05) is 0 Å². The molecule has 0 aliphatic carbocycles. The number of aromatic nitrogens is 1. The predicted molar refractivity (Wildman–Crippen MR) is 77.7 cm³/mol. The third kappa shape index (κ3) is 2.82. The topological polar surface area (TPSA) is 42.0 Å². The van der Waals surface area contributed by atoms with E-state index in [1.165, 1.54) is 16.9 Å². The Bertz CT molecular complexity index is 567. The van der Waals surface area contributed by atoms with E-state index >= 15 is 0 Å². The van der Waals surface area contributed by atoms with Crippen molar-refractivity contribution in [3.05, 3.63) is 23.8 Å². The first-order chi connectivity index (χ1) is 8.63. The fourth-order valence-corrected chi connectivity index (χ4v) is 2.69. The lowest BCUT2D eigenvalue weighted by Crippen LogP contribution is -2.11. The van der Waals surface area contributed by atoms with Crippen LogP contribution >= 0.6 is 22.9 Å². The monoisotopic (exact) mass is 282 g/mol. The maximum Gasteiger partial charge on any atom is 0.241 e. The minimum Gasteiger partial charge on any atom is -0.301 e. The Morgan fingerprint density at radius 2 is 2.33 bits per heavy atom. The van der Waals surface area contributed by atoms with Crippen molar-refractivity contribution in [2.24, 2.45) is 0 Å². The van der Waals surface area contributed by atoms with Crippen LogP contribution in [-0.2, 0) is 4.79 Å². The zero-order chi connectivity index (χ0) is 13.1. The smallest absolute Gasteiger partial charge is 0.241 e. The van der Waals surface area contributed by atoms with Crippen molar-refractivity contribution in [3.63, 3.8) is 0 Å². The molecule has 1 N–H and O–H groups in total. The summed E-state index contributed by atoms with van der Waals surface area (Å²) in [5.74, 6) is 0.267. The molecule has 1 heterocycles. The molecule has 0 saturated carbocycles. The van der Waals surface area contributed by atoms with Gasteiger partial charge in [-0.05, 0) is 30.0 Å². The molecule has 0 aliphatic heterocycles. The molecule has 0 fully saturated rings. The number of carbonyl (C=O) groups is 1. The van der Waals surface area contributed by atoms with E-state index in [2.05, 4.69) is 36.3 Å². The molecule has 0 bridgehead atoms. The summed E-state index contributed by atoms with van der Waals surface area (Å²) < 4.78 is 1.10. The number of hydrogen-bond acceptors (Lipinski definition) is 3. The second-order valence-corrected chi connectivity index (χ2v) is 5.54. The summed E-state index contributed by atoms with van der Waals surface area (Å²) in [5, 5.41) is 3.29. The lowest BCUT2D eigenvalue weighted by molar-refractivity contribution is -0.113. The molecule has 0 radical (unpaired) electrons. The van der Waals surface area contributed by atoms with Crippen LogP contribution in [0.3, 0.4) is 0 Å². The number of alkyl halides is 1. The molecule has 1 aromatic carbocycles. The maximum atomic E-state index is 11.2. The zero-order valence-corrected chi connectivity index (χ0v) is 11.9. The fraction of sp³-hybridized carbons (Fsp3) is 0.385. The van der Waals surface area contributed by atoms with Crippen LogP contribution in [0, 0.1) is 0 Å². The summed E-state index contributed by atoms with van der Waals surface area (Å²) in [4.78, 5) is 15.6. The normalized spacial score (nSPS) is 12.6. The average Bonchev–Trinajstić information content (AvgIpc) is 2.78. The van der Waals surface area contributed by atoms with Gasteiger partial charge in [0.25, 0.3) is 0 Å². The summed E-state index contributed by atoms with van der Waals surface area (Å²) in [7, 11) is 0. The van der Waals surface area contributed by atoms with Crippen LogP contribution in [0.4, 0.5) is 5.13 Å². The van der Waals surface area contributed by atoms with Crippen molar-refractivity contribution in [1.82, 2.24) is 4.98 Å². The van der Waals surface area contributed by atoms with E-state index in [-0.39, 0.29) is 11.8 Å². The van der Waals surface area contributed by atoms with E-state index in [0.29, 0.717) is 11.0 Å². The number of amides is 1. The van der Waals surface area contributed by atoms with E-state index in [0.717, 1.165) is 16.6 Å². The third-order valence-corrected chi connectivity index (χ3v) is 4.14. The Kier molecular flexibility index (Phi) is 4.19. The molecule has 3 nitrogen and oxygen atoms in total. The molecule has 0 saturated heterocycles. The number of anilines is 1. The average molecular weight is 283 g/mol. The molecule has 1 aromatic heterocycles. The van der Waals surface area contributed by atoms with Crippen LogP contribution in [0.25, 0.3) is 10.2 Å². The van der Waals surface area contributed by atoms with Crippen LogP contribution < -0.4 is 5.32 Å². The van der Waals surface area contributed by atoms with Crippen LogP contribution in [-0.4, -0.2) is 16.8 Å². The van der Waals surface area contributed by atoms with E-state index in [9.17, 15) is 4.79 Å². The Morgan fingerprint density at radius 3 is 3.00 bits per heavy atom. The molecular formula is C13H15ClN2OS. The second kappa shape index (κ2) is 5.67. The molecular weight excluding hydrogens is 268 g/mol. The largest absolute Gasteiger partial charge is 0.301 e. The van der Waals surface area contributed by atoms with Gasteiger partial charge in [-0.2, -0.15) is 0 Å². The van der Waals surface area contributed by atoms with Gasteiger partial charge in [0.2, 0.25) is 5.91 Å². The van der Waals surface area contributed by atoms with Gasteiger partial charge in [0.05, 0.1) is 10.2 Å². The van der Waals surface area contributed by atoms with Crippen LogP contribution in [0.15, 0.2) is 18.2 Å². The molecule has 1 amide bonds. The molecule has 96 valence electrons. The summed E-state index contributed by atoms with van der Waals surface area (Å²) in [6.45, 7) is 4.38. The molecule has 0 unspecified atom stereocenters.